The van der Waals surface area contributed by atoms with Gasteiger partial charge in [-0.05, 0) is 47.0 Å². The second-order valence-corrected chi connectivity index (χ2v) is 5.77. The van der Waals surface area contributed by atoms with Crippen molar-refractivity contribution in [1.82, 2.24) is 0 Å². The lowest BCUT2D eigenvalue weighted by Crippen LogP contribution is -2.59. The molecule has 0 atom stereocenters. The minimum Gasteiger partial charge on any atom is -0.398 e. The zero-order valence-corrected chi connectivity index (χ0v) is 10.3. The highest BCUT2D eigenvalue weighted by atomic mass is 79.9. The summed E-state index contributed by atoms with van der Waals surface area (Å²) >= 11 is 3.42. The topological polar surface area (TPSA) is 29.3 Å². The van der Waals surface area contributed by atoms with Gasteiger partial charge < -0.3 is 10.6 Å². The lowest BCUT2D eigenvalue weighted by Gasteiger charge is -2.57. The molecule has 2 fully saturated rings. The minimum absolute atomic E-state index is 0.682. The minimum atomic E-state index is 0.682. The Hall–Kier alpha value is -0.700. The van der Waals surface area contributed by atoms with E-state index in [1.165, 1.54) is 38.0 Å². The summed E-state index contributed by atoms with van der Waals surface area (Å²) in [6, 6.07) is 6.25. The van der Waals surface area contributed by atoms with E-state index >= 15 is 0 Å². The summed E-state index contributed by atoms with van der Waals surface area (Å²) in [5.41, 5.74) is 8.67. The van der Waals surface area contributed by atoms with Crippen molar-refractivity contribution in [3.63, 3.8) is 0 Å². The van der Waals surface area contributed by atoms with E-state index in [4.69, 9.17) is 5.73 Å². The molecule has 2 N–H and O–H groups in total. The highest BCUT2D eigenvalue weighted by Gasteiger charge is 2.47. The smallest absolute Gasteiger partial charge is 0.0479 e. The lowest BCUT2D eigenvalue weighted by atomic mass is 9.63. The molecule has 1 saturated carbocycles. The quantitative estimate of drug-likeness (QED) is 0.792. The molecule has 3 heteroatoms. The third-order valence-electron chi connectivity index (χ3n) is 3.81. The summed E-state index contributed by atoms with van der Waals surface area (Å²) in [6.07, 6.45) is 4.28. The van der Waals surface area contributed by atoms with Crippen LogP contribution in [0.15, 0.2) is 22.7 Å². The van der Waals surface area contributed by atoms with Crippen LogP contribution in [0.4, 0.5) is 11.4 Å². The largest absolute Gasteiger partial charge is 0.398 e. The predicted octanol–water partition coefficient (Wildman–Crippen LogP) is 3.02. The van der Waals surface area contributed by atoms with Gasteiger partial charge in [-0.3, -0.25) is 0 Å². The maximum Gasteiger partial charge on any atom is 0.0479 e. The molecule has 2 nitrogen and oxygen atoms in total. The van der Waals surface area contributed by atoms with Gasteiger partial charge in [-0.15, -0.1) is 0 Å². The molecule has 1 spiro atoms. The fraction of sp³-hybridized carbons (Fsp3) is 0.500. The molecule has 1 heterocycles. The second-order valence-electron chi connectivity index (χ2n) is 4.92. The maximum absolute atomic E-state index is 5.88. The van der Waals surface area contributed by atoms with E-state index in [1.54, 1.807) is 0 Å². The summed E-state index contributed by atoms with van der Waals surface area (Å²) < 4.78 is 0.991. The monoisotopic (exact) mass is 266 g/mol. The Morgan fingerprint density at radius 2 is 2.00 bits per heavy atom. The van der Waals surface area contributed by atoms with Crippen LogP contribution < -0.4 is 10.6 Å². The molecule has 15 heavy (non-hydrogen) atoms. The van der Waals surface area contributed by atoms with Crippen molar-refractivity contribution >= 4 is 27.3 Å². The summed E-state index contributed by atoms with van der Waals surface area (Å²) in [5, 5.41) is 0. The number of nitrogens with two attached hydrogens (primary N) is 1. The van der Waals surface area contributed by atoms with E-state index in [-0.39, 0.29) is 0 Å². The fourth-order valence-electron chi connectivity index (χ4n) is 2.67. The predicted molar refractivity (Wildman–Crippen MR) is 67.1 cm³/mol. The maximum atomic E-state index is 5.88. The first-order valence-electron chi connectivity index (χ1n) is 5.49. The second kappa shape index (κ2) is 3.14. The SMILES string of the molecule is Nc1cc(N2CC3(CCC3)C2)ccc1Br. The zero-order valence-electron chi connectivity index (χ0n) is 8.67. The van der Waals surface area contributed by atoms with Crippen molar-refractivity contribution in [3.05, 3.63) is 22.7 Å². The summed E-state index contributed by atoms with van der Waals surface area (Å²) in [6.45, 7) is 2.46. The Kier molecular flexibility index (Phi) is 2.00. The van der Waals surface area contributed by atoms with Gasteiger partial charge in [0.05, 0.1) is 0 Å². The van der Waals surface area contributed by atoms with Crippen LogP contribution in [0.5, 0.6) is 0 Å². The molecular weight excluding hydrogens is 252 g/mol. The molecule has 0 aromatic heterocycles. The molecule has 0 amide bonds. The Balaban J connectivity index is 1.75. The van der Waals surface area contributed by atoms with Gasteiger partial charge in [0, 0.05) is 34.4 Å². The van der Waals surface area contributed by atoms with Gasteiger partial charge in [0.1, 0.15) is 0 Å². The van der Waals surface area contributed by atoms with Gasteiger partial charge in [-0.1, -0.05) is 6.42 Å². The number of hydrogen-bond acceptors (Lipinski definition) is 2. The van der Waals surface area contributed by atoms with Crippen molar-refractivity contribution in [2.24, 2.45) is 5.41 Å². The van der Waals surface area contributed by atoms with Gasteiger partial charge in [0.2, 0.25) is 0 Å². The van der Waals surface area contributed by atoms with E-state index in [2.05, 4.69) is 33.0 Å². The van der Waals surface area contributed by atoms with Gasteiger partial charge in [-0.25, -0.2) is 0 Å². The third-order valence-corrected chi connectivity index (χ3v) is 4.53. The molecule has 1 aromatic carbocycles. The van der Waals surface area contributed by atoms with E-state index in [9.17, 15) is 0 Å². The molecule has 0 bridgehead atoms. The number of halogens is 1. The first-order chi connectivity index (χ1) is 7.19. The zero-order chi connectivity index (χ0) is 10.5. The van der Waals surface area contributed by atoms with Crippen molar-refractivity contribution in [3.8, 4) is 0 Å². The average Bonchev–Trinajstić information content (AvgIpc) is 2.06. The van der Waals surface area contributed by atoms with Gasteiger partial charge in [0.15, 0.2) is 0 Å². The molecule has 1 saturated heterocycles. The summed E-state index contributed by atoms with van der Waals surface area (Å²) in [7, 11) is 0. The molecule has 1 aromatic rings. The van der Waals surface area contributed by atoms with E-state index < -0.39 is 0 Å². The Labute approximate surface area is 98.6 Å². The molecule has 80 valence electrons. The first-order valence-corrected chi connectivity index (χ1v) is 6.28. The molecule has 3 rings (SSSR count). The Morgan fingerprint density at radius 1 is 1.27 bits per heavy atom. The molecule has 1 aliphatic carbocycles. The highest BCUT2D eigenvalue weighted by Crippen LogP contribution is 2.49. The molecule has 2 aliphatic rings. The average molecular weight is 267 g/mol. The van der Waals surface area contributed by atoms with Crippen molar-refractivity contribution in [2.45, 2.75) is 19.3 Å². The standard InChI is InChI=1S/C12H15BrN2/c13-10-3-2-9(6-11(10)14)15-7-12(8-15)4-1-5-12/h2-3,6H,1,4-5,7-8,14H2. The van der Waals surface area contributed by atoms with Crippen LogP contribution >= 0.6 is 15.9 Å². The van der Waals surface area contributed by atoms with Crippen LogP contribution in [-0.4, -0.2) is 13.1 Å². The van der Waals surface area contributed by atoms with E-state index in [1.807, 2.05) is 6.07 Å². The number of rotatable bonds is 1. The number of nitrogen functional groups attached to an aromatic ring is 1. The fourth-order valence-corrected chi connectivity index (χ4v) is 2.91. The van der Waals surface area contributed by atoms with E-state index in [0.717, 1.165) is 10.2 Å². The van der Waals surface area contributed by atoms with Crippen LogP contribution in [0.1, 0.15) is 19.3 Å². The number of anilines is 2. The van der Waals surface area contributed by atoms with Crippen LogP contribution in [0.3, 0.4) is 0 Å². The van der Waals surface area contributed by atoms with Crippen molar-refractivity contribution in [1.29, 1.82) is 0 Å². The van der Waals surface area contributed by atoms with Crippen LogP contribution in [-0.2, 0) is 0 Å². The normalized spacial score (nSPS) is 22.3. The highest BCUT2D eigenvalue weighted by molar-refractivity contribution is 9.10. The summed E-state index contributed by atoms with van der Waals surface area (Å²) in [5.74, 6) is 0. The number of hydrogen-bond donors (Lipinski definition) is 1. The van der Waals surface area contributed by atoms with E-state index in [0.29, 0.717) is 5.41 Å². The third kappa shape index (κ3) is 1.44. The number of nitrogens with zero attached hydrogens (tertiary/aromatic N) is 1. The number of benzene rings is 1. The first kappa shape index (κ1) is 9.52. The Bertz CT molecular complexity index is 391. The van der Waals surface area contributed by atoms with Crippen molar-refractivity contribution < 1.29 is 0 Å². The van der Waals surface area contributed by atoms with Gasteiger partial charge in [-0.2, -0.15) is 0 Å². The van der Waals surface area contributed by atoms with Crippen molar-refractivity contribution in [2.75, 3.05) is 23.7 Å². The van der Waals surface area contributed by atoms with Crippen LogP contribution in [0.2, 0.25) is 0 Å². The molecule has 1 aliphatic heterocycles. The molecule has 0 radical (unpaired) electrons. The van der Waals surface area contributed by atoms with Gasteiger partial charge in [0.25, 0.3) is 0 Å². The molecule has 0 unspecified atom stereocenters. The lowest BCUT2D eigenvalue weighted by molar-refractivity contribution is 0.0904. The Morgan fingerprint density at radius 3 is 2.53 bits per heavy atom. The molecular formula is C12H15BrN2. The van der Waals surface area contributed by atoms with Crippen LogP contribution in [0, 0.1) is 5.41 Å². The summed E-state index contributed by atoms with van der Waals surface area (Å²) in [4.78, 5) is 2.43. The van der Waals surface area contributed by atoms with Gasteiger partial charge >= 0.3 is 0 Å². The van der Waals surface area contributed by atoms with Crippen LogP contribution in [0.25, 0.3) is 0 Å².